The lowest BCUT2D eigenvalue weighted by Crippen LogP contribution is -2.26. The fourth-order valence-corrected chi connectivity index (χ4v) is 2.18. The maximum absolute atomic E-state index is 11.9. The van der Waals surface area contributed by atoms with Gasteiger partial charge in [0, 0.05) is 37.6 Å². The normalized spacial score (nSPS) is 10.8. The smallest absolute Gasteiger partial charge is 0.227 e. The molecule has 4 heteroatoms. The summed E-state index contributed by atoms with van der Waals surface area (Å²) >= 11 is 4.09. The number of hydrogen-bond acceptors (Lipinski definition) is 2. The minimum absolute atomic E-state index is 0.0938. The van der Waals surface area contributed by atoms with Crippen molar-refractivity contribution in [2.45, 2.75) is 6.42 Å². The molecule has 90 valence electrons. The number of fused-ring (bicyclic) bond motifs is 1. The zero-order valence-corrected chi connectivity index (χ0v) is 10.9. The van der Waals surface area contributed by atoms with Crippen LogP contribution in [0.4, 0.5) is 5.69 Å². The van der Waals surface area contributed by atoms with Crippen LogP contribution >= 0.6 is 12.6 Å². The summed E-state index contributed by atoms with van der Waals surface area (Å²) in [4.78, 5) is 13.6. The molecule has 0 spiro atoms. The quantitative estimate of drug-likeness (QED) is 0.829. The van der Waals surface area contributed by atoms with Gasteiger partial charge in [-0.15, -0.1) is 0 Å². The van der Waals surface area contributed by atoms with Crippen LogP contribution in [0.1, 0.15) is 6.42 Å². The van der Waals surface area contributed by atoms with Gasteiger partial charge in [0.25, 0.3) is 0 Å². The zero-order chi connectivity index (χ0) is 12.4. The summed E-state index contributed by atoms with van der Waals surface area (Å²) in [5.74, 6) is 0.671. The second-order valence-electron chi connectivity index (χ2n) is 4.07. The Morgan fingerprint density at radius 1 is 1.41 bits per heavy atom. The first-order chi connectivity index (χ1) is 8.15. The molecule has 17 heavy (non-hydrogen) atoms. The number of amides is 1. The number of thiol groups is 1. The molecule has 0 aliphatic rings. The summed E-state index contributed by atoms with van der Waals surface area (Å²) in [5, 5.41) is 1.10. The molecule has 0 saturated heterocycles. The lowest BCUT2D eigenvalue weighted by molar-refractivity contribution is -0.117. The molecule has 0 radical (unpaired) electrons. The number of carbonyl (C=O) groups excluding carboxylic acids is 1. The van der Waals surface area contributed by atoms with Crippen LogP contribution in [0.5, 0.6) is 0 Å². The van der Waals surface area contributed by atoms with Crippen LogP contribution in [0.2, 0.25) is 0 Å². The Bertz CT molecular complexity index is 547. The van der Waals surface area contributed by atoms with E-state index in [1.165, 1.54) is 0 Å². The Labute approximate surface area is 106 Å². The molecule has 2 aromatic rings. The van der Waals surface area contributed by atoms with Crippen molar-refractivity contribution in [3.8, 4) is 0 Å². The first-order valence-corrected chi connectivity index (χ1v) is 6.20. The highest BCUT2D eigenvalue weighted by Crippen LogP contribution is 2.27. The number of aromatic nitrogens is 1. The lowest BCUT2D eigenvalue weighted by atomic mass is 10.2. The van der Waals surface area contributed by atoms with Crippen LogP contribution in [-0.2, 0) is 11.8 Å². The molecule has 1 aromatic carbocycles. The number of anilines is 1. The average Bonchev–Trinajstić information content (AvgIpc) is 2.67. The summed E-state index contributed by atoms with van der Waals surface area (Å²) in [7, 11) is 3.80. The highest BCUT2D eigenvalue weighted by molar-refractivity contribution is 7.80. The average molecular weight is 248 g/mol. The van der Waals surface area contributed by atoms with Gasteiger partial charge in [-0.05, 0) is 11.8 Å². The molecule has 0 N–H and O–H groups in total. The summed E-state index contributed by atoms with van der Waals surface area (Å²) < 4.78 is 2.04. The largest absolute Gasteiger partial charge is 0.348 e. The van der Waals surface area contributed by atoms with Gasteiger partial charge >= 0.3 is 0 Å². The van der Waals surface area contributed by atoms with E-state index in [1.807, 2.05) is 43.1 Å². The summed E-state index contributed by atoms with van der Waals surface area (Å²) in [6.45, 7) is 0. The third kappa shape index (κ3) is 2.17. The first-order valence-electron chi connectivity index (χ1n) is 5.56. The van der Waals surface area contributed by atoms with Crippen LogP contribution in [0.3, 0.4) is 0 Å². The van der Waals surface area contributed by atoms with Crippen molar-refractivity contribution in [1.82, 2.24) is 4.57 Å². The molecule has 2 rings (SSSR count). The molecule has 0 fully saturated rings. The van der Waals surface area contributed by atoms with Crippen molar-refractivity contribution in [1.29, 1.82) is 0 Å². The maximum Gasteiger partial charge on any atom is 0.227 e. The Kier molecular flexibility index (Phi) is 3.43. The van der Waals surface area contributed by atoms with Gasteiger partial charge in [0.2, 0.25) is 5.91 Å². The number of benzene rings is 1. The van der Waals surface area contributed by atoms with Gasteiger partial charge in [-0.2, -0.15) is 12.6 Å². The van der Waals surface area contributed by atoms with Gasteiger partial charge in [-0.25, -0.2) is 0 Å². The van der Waals surface area contributed by atoms with Crippen LogP contribution in [0.25, 0.3) is 10.9 Å². The standard InChI is InChI=1S/C13H16N2OS/c1-14-9-12(15(2)13(16)7-8-17)10-5-3-4-6-11(10)14/h3-6,9,17H,7-8H2,1-2H3. The van der Waals surface area contributed by atoms with E-state index in [1.54, 1.807) is 4.90 Å². The predicted octanol–water partition coefficient (Wildman–Crippen LogP) is 2.46. The summed E-state index contributed by atoms with van der Waals surface area (Å²) in [6, 6.07) is 8.08. The molecule has 3 nitrogen and oxygen atoms in total. The van der Waals surface area contributed by atoms with Crippen LogP contribution < -0.4 is 4.90 Å². The third-order valence-corrected chi connectivity index (χ3v) is 3.16. The van der Waals surface area contributed by atoms with Crippen molar-refractivity contribution in [2.24, 2.45) is 7.05 Å². The van der Waals surface area contributed by atoms with Gasteiger partial charge in [0.15, 0.2) is 0 Å². The van der Waals surface area contributed by atoms with Gasteiger partial charge < -0.3 is 9.47 Å². The van der Waals surface area contributed by atoms with E-state index in [0.29, 0.717) is 12.2 Å². The SMILES string of the molecule is CN(C(=O)CCS)c1cn(C)c2ccccc12. The zero-order valence-electron chi connectivity index (χ0n) is 10.1. The first kappa shape index (κ1) is 12.0. The minimum atomic E-state index is 0.0938. The Morgan fingerprint density at radius 2 is 2.12 bits per heavy atom. The third-order valence-electron chi connectivity index (χ3n) is 2.94. The molecular weight excluding hydrogens is 232 g/mol. The number of nitrogens with zero attached hydrogens (tertiary/aromatic N) is 2. The molecule has 0 saturated carbocycles. The Hall–Kier alpha value is -1.42. The fourth-order valence-electron chi connectivity index (χ4n) is 1.99. The Balaban J connectivity index is 2.45. The highest BCUT2D eigenvalue weighted by atomic mass is 32.1. The van der Waals surface area contributed by atoms with E-state index in [0.717, 1.165) is 16.6 Å². The maximum atomic E-state index is 11.9. The van der Waals surface area contributed by atoms with Crippen LogP contribution in [0, 0.1) is 0 Å². The molecule has 0 aliphatic heterocycles. The lowest BCUT2D eigenvalue weighted by Gasteiger charge is -2.15. The summed E-state index contributed by atoms with van der Waals surface area (Å²) in [6.07, 6.45) is 2.45. The number of carbonyl (C=O) groups is 1. The Morgan fingerprint density at radius 3 is 2.82 bits per heavy atom. The predicted molar refractivity (Wildman–Crippen MR) is 74.8 cm³/mol. The van der Waals surface area contributed by atoms with Crippen LogP contribution in [0.15, 0.2) is 30.5 Å². The second-order valence-corrected chi connectivity index (χ2v) is 4.52. The van der Waals surface area contributed by atoms with Crippen molar-refractivity contribution in [2.75, 3.05) is 17.7 Å². The van der Waals surface area contributed by atoms with Crippen molar-refractivity contribution in [3.05, 3.63) is 30.5 Å². The molecule has 0 aliphatic carbocycles. The van der Waals surface area contributed by atoms with E-state index < -0.39 is 0 Å². The van der Waals surface area contributed by atoms with E-state index in [4.69, 9.17) is 0 Å². The highest BCUT2D eigenvalue weighted by Gasteiger charge is 2.15. The topological polar surface area (TPSA) is 25.2 Å². The molecule has 0 bridgehead atoms. The number of hydrogen-bond donors (Lipinski definition) is 1. The summed E-state index contributed by atoms with van der Waals surface area (Å²) in [5.41, 5.74) is 2.09. The fraction of sp³-hybridized carbons (Fsp3) is 0.308. The van der Waals surface area contributed by atoms with Gasteiger partial charge in [0.05, 0.1) is 5.69 Å². The monoisotopic (exact) mass is 248 g/mol. The second kappa shape index (κ2) is 4.84. The number of aryl methyl sites for hydroxylation is 1. The van der Waals surface area contributed by atoms with Gasteiger partial charge in [0.1, 0.15) is 0 Å². The molecule has 1 amide bonds. The molecule has 0 unspecified atom stereocenters. The molecular formula is C13H16N2OS. The van der Waals surface area contributed by atoms with Gasteiger partial charge in [-0.1, -0.05) is 18.2 Å². The molecule has 1 aromatic heterocycles. The van der Waals surface area contributed by atoms with E-state index in [9.17, 15) is 4.79 Å². The van der Waals surface area contributed by atoms with Crippen LogP contribution in [-0.4, -0.2) is 23.3 Å². The number of rotatable bonds is 3. The van der Waals surface area contributed by atoms with Crippen molar-refractivity contribution in [3.63, 3.8) is 0 Å². The molecule has 1 heterocycles. The van der Waals surface area contributed by atoms with E-state index >= 15 is 0 Å². The van der Waals surface area contributed by atoms with Crippen molar-refractivity contribution >= 4 is 35.1 Å². The van der Waals surface area contributed by atoms with Gasteiger partial charge in [-0.3, -0.25) is 4.79 Å². The number of para-hydroxylation sites is 1. The van der Waals surface area contributed by atoms with Crippen molar-refractivity contribution < 1.29 is 4.79 Å². The molecule has 0 atom stereocenters. The van der Waals surface area contributed by atoms with E-state index in [-0.39, 0.29) is 5.91 Å². The minimum Gasteiger partial charge on any atom is -0.348 e. The van der Waals surface area contributed by atoms with E-state index in [2.05, 4.69) is 18.7 Å².